The topological polar surface area (TPSA) is 33.7 Å². The van der Waals surface area contributed by atoms with Crippen molar-refractivity contribution in [3.8, 4) is 5.75 Å². The molecule has 0 unspecified atom stereocenters. The molecule has 4 heteroatoms. The van der Waals surface area contributed by atoms with Crippen LogP contribution in [-0.2, 0) is 4.74 Å². The Balaban J connectivity index is 1.59. The van der Waals surface area contributed by atoms with Crippen molar-refractivity contribution in [2.75, 3.05) is 6.61 Å². The molecule has 5 rings (SSSR count). The summed E-state index contributed by atoms with van der Waals surface area (Å²) in [4.78, 5) is 0. The lowest BCUT2D eigenvalue weighted by molar-refractivity contribution is -0.218. The number of benzene rings is 2. The number of nitrogens with one attached hydrogen (secondary N) is 1. The first-order valence-electron chi connectivity index (χ1n) is 9.73. The van der Waals surface area contributed by atoms with Crippen LogP contribution in [0.15, 0.2) is 54.6 Å². The maximum atomic E-state index is 6.66. The lowest BCUT2D eigenvalue weighted by Crippen LogP contribution is -2.64. The highest BCUT2D eigenvalue weighted by atomic mass is 16.5. The smallest absolute Gasteiger partial charge is 0.185 e. The van der Waals surface area contributed by atoms with Gasteiger partial charge in [-0.2, -0.15) is 5.01 Å². The minimum atomic E-state index is -0.413. The third-order valence-electron chi connectivity index (χ3n) is 5.87. The van der Waals surface area contributed by atoms with Crippen molar-refractivity contribution in [3.63, 3.8) is 0 Å². The van der Waals surface area contributed by atoms with E-state index < -0.39 is 5.72 Å². The van der Waals surface area contributed by atoms with E-state index in [0.29, 0.717) is 6.61 Å². The largest absolute Gasteiger partial charge is 0.470 e. The van der Waals surface area contributed by atoms with E-state index in [4.69, 9.17) is 9.47 Å². The fraction of sp³-hybridized carbons (Fsp3) is 0.391. The van der Waals surface area contributed by atoms with Gasteiger partial charge < -0.3 is 14.9 Å². The number of para-hydroxylation sites is 1. The molecule has 0 aromatic heterocycles. The molecule has 2 aromatic rings. The molecule has 0 radical (unpaired) electrons. The molecule has 3 heterocycles. The summed E-state index contributed by atoms with van der Waals surface area (Å²) in [6.07, 6.45) is 3.98. The summed E-state index contributed by atoms with van der Waals surface area (Å²) in [6.45, 7) is 7.11. The summed E-state index contributed by atoms with van der Waals surface area (Å²) in [5.41, 5.74) is 7.88. The molecule has 1 N–H and O–H groups in total. The molecule has 1 saturated heterocycles. The molecule has 2 aromatic carbocycles. The van der Waals surface area contributed by atoms with Crippen LogP contribution in [0.4, 0.5) is 0 Å². The first-order chi connectivity index (χ1) is 13.0. The Hall–Kier alpha value is -2.30. The van der Waals surface area contributed by atoms with E-state index in [0.717, 1.165) is 24.3 Å². The first kappa shape index (κ1) is 16.8. The van der Waals surface area contributed by atoms with E-state index in [2.05, 4.69) is 85.8 Å². The van der Waals surface area contributed by atoms with E-state index in [-0.39, 0.29) is 11.6 Å². The molecular formula is C23H26N2O2. The van der Waals surface area contributed by atoms with Gasteiger partial charge in [0.1, 0.15) is 5.75 Å². The van der Waals surface area contributed by atoms with Gasteiger partial charge in [0.15, 0.2) is 5.72 Å². The van der Waals surface area contributed by atoms with Crippen LogP contribution in [0.3, 0.4) is 0 Å². The van der Waals surface area contributed by atoms with Crippen LogP contribution in [0.2, 0.25) is 0 Å². The van der Waals surface area contributed by atoms with Crippen LogP contribution in [0, 0.1) is 6.92 Å². The highest BCUT2D eigenvalue weighted by Gasteiger charge is 2.54. The number of hydrogen-bond acceptors (Lipinski definition) is 4. The molecule has 4 nitrogen and oxygen atoms in total. The molecule has 140 valence electrons. The van der Waals surface area contributed by atoms with Crippen LogP contribution in [0.5, 0.6) is 5.75 Å². The summed E-state index contributed by atoms with van der Waals surface area (Å²) in [5.74, 6) is 0.986. The molecule has 0 bridgehead atoms. The minimum Gasteiger partial charge on any atom is -0.470 e. The lowest BCUT2D eigenvalue weighted by atomic mass is 9.87. The molecule has 3 aliphatic heterocycles. The average molecular weight is 362 g/mol. The zero-order valence-corrected chi connectivity index (χ0v) is 16.2. The Labute approximate surface area is 160 Å². The summed E-state index contributed by atoms with van der Waals surface area (Å²) in [5, 5.41) is 2.31. The van der Waals surface area contributed by atoms with Crippen molar-refractivity contribution in [1.82, 2.24) is 10.4 Å². The summed E-state index contributed by atoms with van der Waals surface area (Å²) in [7, 11) is 0. The van der Waals surface area contributed by atoms with Gasteiger partial charge in [0, 0.05) is 18.4 Å². The van der Waals surface area contributed by atoms with Gasteiger partial charge in [-0.3, -0.25) is 0 Å². The molecule has 0 amide bonds. The number of nitrogens with zero attached hydrogens (tertiary/aromatic N) is 1. The van der Waals surface area contributed by atoms with E-state index in [1.807, 2.05) is 0 Å². The van der Waals surface area contributed by atoms with Gasteiger partial charge in [0.25, 0.3) is 0 Å². The predicted molar refractivity (Wildman–Crippen MR) is 106 cm³/mol. The second kappa shape index (κ2) is 5.85. The van der Waals surface area contributed by atoms with E-state index in [1.165, 1.54) is 16.7 Å². The number of rotatable bonds is 1. The fourth-order valence-corrected chi connectivity index (χ4v) is 4.60. The number of fused-ring (bicyclic) bond motifs is 4. The summed E-state index contributed by atoms with van der Waals surface area (Å²) >= 11 is 0. The van der Waals surface area contributed by atoms with E-state index in [1.54, 1.807) is 0 Å². The number of hydrogen-bond donors (Lipinski definition) is 1. The van der Waals surface area contributed by atoms with Crippen LogP contribution >= 0.6 is 0 Å². The Morgan fingerprint density at radius 1 is 1.07 bits per heavy atom. The molecule has 27 heavy (non-hydrogen) atoms. The summed E-state index contributed by atoms with van der Waals surface area (Å²) < 4.78 is 12.7. The summed E-state index contributed by atoms with van der Waals surface area (Å²) in [6, 6.07) is 17.2. The van der Waals surface area contributed by atoms with E-state index in [9.17, 15) is 0 Å². The normalized spacial score (nSPS) is 28.7. The van der Waals surface area contributed by atoms with Crippen molar-refractivity contribution < 1.29 is 9.47 Å². The SMILES string of the molecule is Cc1ccc(C2=C[C@@H]3c4ccccc4O[C@]4(CCOC(C)(C)C4)N3N2)cc1. The molecule has 3 aliphatic rings. The molecular weight excluding hydrogens is 336 g/mol. The van der Waals surface area contributed by atoms with Gasteiger partial charge in [-0.1, -0.05) is 48.0 Å². The third kappa shape index (κ3) is 2.75. The maximum Gasteiger partial charge on any atom is 0.185 e. The lowest BCUT2D eigenvalue weighted by Gasteiger charge is -2.53. The molecule has 1 fully saturated rings. The van der Waals surface area contributed by atoms with Crippen LogP contribution in [0.1, 0.15) is 49.4 Å². The Kier molecular flexibility index (Phi) is 3.65. The minimum absolute atomic E-state index is 0.153. The highest BCUT2D eigenvalue weighted by molar-refractivity contribution is 5.67. The fourth-order valence-electron chi connectivity index (χ4n) is 4.60. The number of hydrazine groups is 1. The van der Waals surface area contributed by atoms with Crippen LogP contribution < -0.4 is 10.2 Å². The van der Waals surface area contributed by atoms with Crippen molar-refractivity contribution in [2.45, 2.75) is 51.0 Å². The van der Waals surface area contributed by atoms with Crippen molar-refractivity contribution >= 4 is 5.70 Å². The Morgan fingerprint density at radius 2 is 1.85 bits per heavy atom. The Morgan fingerprint density at radius 3 is 2.63 bits per heavy atom. The van der Waals surface area contributed by atoms with Gasteiger partial charge >= 0.3 is 0 Å². The maximum absolute atomic E-state index is 6.66. The van der Waals surface area contributed by atoms with Crippen LogP contribution in [-0.4, -0.2) is 22.9 Å². The quantitative estimate of drug-likeness (QED) is 0.805. The number of ether oxygens (including phenoxy) is 2. The second-order valence-corrected chi connectivity index (χ2v) is 8.49. The zero-order chi connectivity index (χ0) is 18.6. The van der Waals surface area contributed by atoms with Gasteiger partial charge in [0.05, 0.1) is 23.9 Å². The van der Waals surface area contributed by atoms with Crippen LogP contribution in [0.25, 0.3) is 5.70 Å². The molecule has 1 spiro atoms. The first-order valence-corrected chi connectivity index (χ1v) is 9.73. The van der Waals surface area contributed by atoms with Gasteiger partial charge in [-0.25, -0.2) is 0 Å². The zero-order valence-electron chi connectivity index (χ0n) is 16.2. The monoisotopic (exact) mass is 362 g/mol. The average Bonchev–Trinajstić information content (AvgIpc) is 3.08. The molecule has 0 aliphatic carbocycles. The Bertz CT molecular complexity index is 903. The van der Waals surface area contributed by atoms with E-state index >= 15 is 0 Å². The van der Waals surface area contributed by atoms with Gasteiger partial charge in [-0.05, 0) is 38.5 Å². The van der Waals surface area contributed by atoms with Crippen molar-refractivity contribution in [3.05, 3.63) is 71.3 Å². The number of aryl methyl sites for hydroxylation is 1. The highest BCUT2D eigenvalue weighted by Crippen LogP contribution is 2.50. The second-order valence-electron chi connectivity index (χ2n) is 8.49. The van der Waals surface area contributed by atoms with Crippen molar-refractivity contribution in [1.29, 1.82) is 0 Å². The third-order valence-corrected chi connectivity index (χ3v) is 5.87. The molecule has 2 atom stereocenters. The van der Waals surface area contributed by atoms with Gasteiger partial charge in [-0.15, -0.1) is 0 Å². The predicted octanol–water partition coefficient (Wildman–Crippen LogP) is 4.58. The van der Waals surface area contributed by atoms with Crippen molar-refractivity contribution in [2.24, 2.45) is 0 Å². The standard InChI is InChI=1S/C23H26N2O2/c1-16-8-10-17(11-9-16)19-14-20-18-6-4-5-7-21(18)27-23(25(20)24-19)12-13-26-22(2,3)15-23/h4-11,14,20,24H,12-13,15H2,1-3H3/t20-,23+/m1/s1. The molecule has 0 saturated carbocycles. The van der Waals surface area contributed by atoms with Gasteiger partial charge in [0.2, 0.25) is 0 Å².